The molecule has 2 bridgehead atoms. The molecule has 4 heterocycles. The van der Waals surface area contributed by atoms with E-state index in [1.807, 2.05) is 0 Å². The molecule has 0 amide bonds. The molecule has 1 unspecified atom stereocenters. The van der Waals surface area contributed by atoms with Gasteiger partial charge in [-0.15, -0.1) is 0 Å². The first-order valence-corrected chi connectivity index (χ1v) is 7.88. The van der Waals surface area contributed by atoms with Crippen molar-refractivity contribution in [2.45, 2.75) is 39.2 Å². The minimum Gasteiger partial charge on any atom is -0.370 e. The van der Waals surface area contributed by atoms with Gasteiger partial charge < -0.3 is 15.5 Å². The Kier molecular flexibility index (Phi) is 4.05. The molecule has 20 heavy (non-hydrogen) atoms. The van der Waals surface area contributed by atoms with Gasteiger partial charge >= 0.3 is 0 Å². The Morgan fingerprint density at radius 3 is 2.55 bits per heavy atom. The van der Waals surface area contributed by atoms with Gasteiger partial charge in [-0.05, 0) is 45.2 Å². The van der Waals surface area contributed by atoms with E-state index in [2.05, 4.69) is 39.3 Å². The topological polar surface area (TPSA) is 53.1 Å². The van der Waals surface area contributed by atoms with E-state index in [4.69, 9.17) is 0 Å². The summed E-state index contributed by atoms with van der Waals surface area (Å²) in [7, 11) is 0. The molecular weight excluding hydrogens is 250 g/mol. The smallest absolute Gasteiger partial charge is 0.134 e. The van der Waals surface area contributed by atoms with Crippen molar-refractivity contribution in [1.29, 1.82) is 0 Å². The van der Waals surface area contributed by atoms with Crippen molar-refractivity contribution < 1.29 is 0 Å². The van der Waals surface area contributed by atoms with Gasteiger partial charge in [0.25, 0.3) is 0 Å². The molecule has 4 rings (SSSR count). The molecule has 0 aromatic carbocycles. The molecule has 1 atom stereocenters. The van der Waals surface area contributed by atoms with Crippen molar-refractivity contribution >= 4 is 11.6 Å². The first kappa shape index (κ1) is 13.6. The molecular formula is C15H25N5. The summed E-state index contributed by atoms with van der Waals surface area (Å²) >= 11 is 0. The van der Waals surface area contributed by atoms with E-state index < -0.39 is 0 Å². The summed E-state index contributed by atoms with van der Waals surface area (Å²) in [5.74, 6) is 2.81. The van der Waals surface area contributed by atoms with Crippen molar-refractivity contribution in [3.63, 3.8) is 0 Å². The van der Waals surface area contributed by atoms with E-state index in [1.165, 1.54) is 31.5 Å². The van der Waals surface area contributed by atoms with Gasteiger partial charge in [-0.2, -0.15) is 0 Å². The third-order valence-electron chi connectivity index (χ3n) is 4.62. The molecule has 0 radical (unpaired) electrons. The normalized spacial score (nSPS) is 28.4. The number of nitrogens with one attached hydrogen (secondary N) is 2. The number of rotatable bonds is 5. The minimum absolute atomic E-state index is 0.548. The zero-order valence-electron chi connectivity index (χ0n) is 12.5. The van der Waals surface area contributed by atoms with Crippen LogP contribution in [0.3, 0.4) is 0 Å². The number of hydrogen-bond donors (Lipinski definition) is 2. The Hall–Kier alpha value is -1.36. The molecule has 0 aliphatic carbocycles. The summed E-state index contributed by atoms with van der Waals surface area (Å²) in [5.41, 5.74) is 1.21. The zero-order chi connectivity index (χ0) is 13.9. The lowest BCUT2D eigenvalue weighted by Gasteiger charge is -2.45. The van der Waals surface area contributed by atoms with Crippen LogP contribution in [0.25, 0.3) is 0 Å². The molecule has 3 saturated heterocycles. The maximum Gasteiger partial charge on any atom is 0.134 e. The largest absolute Gasteiger partial charge is 0.370 e. The van der Waals surface area contributed by atoms with E-state index in [0.29, 0.717) is 6.04 Å². The highest BCUT2D eigenvalue weighted by molar-refractivity contribution is 5.57. The molecule has 1 aromatic heterocycles. The Morgan fingerprint density at radius 1 is 1.20 bits per heavy atom. The molecule has 5 heteroatoms. The van der Waals surface area contributed by atoms with Crippen molar-refractivity contribution in [2.75, 3.05) is 36.8 Å². The van der Waals surface area contributed by atoms with Gasteiger partial charge in [0.15, 0.2) is 0 Å². The van der Waals surface area contributed by atoms with Gasteiger partial charge in [0.1, 0.15) is 18.0 Å². The molecule has 0 spiro atoms. The highest BCUT2D eigenvalue weighted by Crippen LogP contribution is 2.31. The summed E-state index contributed by atoms with van der Waals surface area (Å²) in [6.45, 7) is 8.87. The number of aromatic nitrogens is 2. The Labute approximate surface area is 121 Å². The number of anilines is 2. The number of piperidine rings is 3. The van der Waals surface area contributed by atoms with Crippen LogP contribution in [0.1, 0.15) is 32.3 Å². The maximum atomic E-state index is 4.49. The van der Waals surface area contributed by atoms with E-state index >= 15 is 0 Å². The van der Waals surface area contributed by atoms with Crippen LogP contribution in [0.5, 0.6) is 0 Å². The number of hydrogen-bond acceptors (Lipinski definition) is 5. The monoisotopic (exact) mass is 275 g/mol. The van der Waals surface area contributed by atoms with Gasteiger partial charge in [0, 0.05) is 24.7 Å². The van der Waals surface area contributed by atoms with Crippen LogP contribution in [0, 0.1) is 5.92 Å². The second-order valence-electron chi connectivity index (χ2n) is 5.82. The first-order chi connectivity index (χ1) is 9.81. The van der Waals surface area contributed by atoms with Crippen LogP contribution < -0.4 is 10.6 Å². The van der Waals surface area contributed by atoms with E-state index in [1.54, 1.807) is 6.33 Å². The standard InChI is InChI=1S/C15H25N5/c1-3-12-14(16-4-2)17-10-18-15(12)19-13-9-20-7-5-11(13)6-8-20/h10-11,13H,3-9H2,1-2H3,(H2,16,17,18,19). The minimum atomic E-state index is 0.548. The molecule has 3 aliphatic heterocycles. The second-order valence-corrected chi connectivity index (χ2v) is 5.82. The van der Waals surface area contributed by atoms with Gasteiger partial charge in [-0.1, -0.05) is 6.92 Å². The molecule has 110 valence electrons. The fourth-order valence-electron chi connectivity index (χ4n) is 3.50. The Bertz CT molecular complexity index is 454. The van der Waals surface area contributed by atoms with Crippen molar-refractivity contribution in [3.8, 4) is 0 Å². The van der Waals surface area contributed by atoms with Gasteiger partial charge in [-0.3, -0.25) is 0 Å². The van der Waals surface area contributed by atoms with Crippen LogP contribution in [0.15, 0.2) is 6.33 Å². The van der Waals surface area contributed by atoms with Crippen molar-refractivity contribution in [2.24, 2.45) is 5.92 Å². The van der Waals surface area contributed by atoms with Crippen LogP contribution in [0.4, 0.5) is 11.6 Å². The van der Waals surface area contributed by atoms with Gasteiger partial charge in [-0.25, -0.2) is 9.97 Å². The summed E-state index contributed by atoms with van der Waals surface area (Å²) in [6.07, 6.45) is 5.27. The summed E-state index contributed by atoms with van der Waals surface area (Å²) < 4.78 is 0. The summed E-state index contributed by atoms with van der Waals surface area (Å²) in [5, 5.41) is 7.03. The van der Waals surface area contributed by atoms with E-state index in [0.717, 1.165) is 37.1 Å². The predicted molar refractivity (Wildman–Crippen MR) is 82.1 cm³/mol. The second kappa shape index (κ2) is 5.95. The Morgan fingerprint density at radius 2 is 1.95 bits per heavy atom. The average Bonchev–Trinajstić information content (AvgIpc) is 2.49. The summed E-state index contributed by atoms with van der Waals surface area (Å²) in [4.78, 5) is 11.4. The van der Waals surface area contributed by atoms with E-state index in [9.17, 15) is 0 Å². The highest BCUT2D eigenvalue weighted by Gasteiger charge is 2.34. The van der Waals surface area contributed by atoms with Crippen LogP contribution >= 0.6 is 0 Å². The van der Waals surface area contributed by atoms with Crippen molar-refractivity contribution in [1.82, 2.24) is 14.9 Å². The predicted octanol–water partition coefficient (Wildman–Crippen LogP) is 1.98. The highest BCUT2D eigenvalue weighted by atomic mass is 15.2. The quantitative estimate of drug-likeness (QED) is 0.860. The van der Waals surface area contributed by atoms with Crippen LogP contribution in [0.2, 0.25) is 0 Å². The maximum absolute atomic E-state index is 4.49. The molecule has 1 aromatic rings. The number of fused-ring (bicyclic) bond motifs is 3. The molecule has 2 N–H and O–H groups in total. The van der Waals surface area contributed by atoms with Crippen molar-refractivity contribution in [3.05, 3.63) is 11.9 Å². The molecule has 5 nitrogen and oxygen atoms in total. The number of nitrogens with zero attached hydrogens (tertiary/aromatic N) is 3. The SMILES string of the molecule is CCNc1ncnc(NC2CN3CCC2CC3)c1CC. The van der Waals surface area contributed by atoms with Crippen LogP contribution in [-0.2, 0) is 6.42 Å². The lowest BCUT2D eigenvalue weighted by Crippen LogP contribution is -2.53. The average molecular weight is 275 g/mol. The van der Waals surface area contributed by atoms with E-state index in [-0.39, 0.29) is 0 Å². The zero-order valence-corrected chi connectivity index (χ0v) is 12.5. The lowest BCUT2D eigenvalue weighted by molar-refractivity contribution is 0.0973. The lowest BCUT2D eigenvalue weighted by atomic mass is 9.84. The third kappa shape index (κ3) is 2.59. The fraction of sp³-hybridized carbons (Fsp3) is 0.733. The first-order valence-electron chi connectivity index (χ1n) is 7.88. The summed E-state index contributed by atoms with van der Waals surface area (Å²) in [6, 6.07) is 0.548. The Balaban J connectivity index is 1.78. The fourth-order valence-corrected chi connectivity index (χ4v) is 3.50. The van der Waals surface area contributed by atoms with Gasteiger partial charge in [0.05, 0.1) is 0 Å². The van der Waals surface area contributed by atoms with Gasteiger partial charge in [0.2, 0.25) is 0 Å². The molecule has 3 aliphatic rings. The molecule has 3 fully saturated rings. The van der Waals surface area contributed by atoms with Crippen LogP contribution in [-0.4, -0.2) is 47.1 Å². The third-order valence-corrected chi connectivity index (χ3v) is 4.62. The molecule has 0 saturated carbocycles.